The standard InChI is InChI=1S/C19H27N3O2/c1-4-22-11-15(8-18(22)23)19(24)20-17-7-5-6-14-10-21(9-13(2)3)12-16(14)17/h5-7,13,15H,4,8-12H2,1-3H3,(H,20,24)/t15-/m1/s1. The van der Waals surface area contributed by atoms with Crippen molar-refractivity contribution in [1.82, 2.24) is 9.80 Å². The summed E-state index contributed by atoms with van der Waals surface area (Å²) >= 11 is 0. The lowest BCUT2D eigenvalue weighted by atomic mass is 10.1. The predicted molar refractivity (Wildman–Crippen MR) is 94.4 cm³/mol. The number of nitrogens with one attached hydrogen (secondary N) is 1. The molecule has 24 heavy (non-hydrogen) atoms. The van der Waals surface area contributed by atoms with Crippen LogP contribution in [0.25, 0.3) is 0 Å². The first-order valence-corrected chi connectivity index (χ1v) is 8.89. The van der Waals surface area contributed by atoms with Crippen molar-refractivity contribution >= 4 is 17.5 Å². The van der Waals surface area contributed by atoms with Crippen LogP contribution >= 0.6 is 0 Å². The first kappa shape index (κ1) is 17.0. The van der Waals surface area contributed by atoms with Gasteiger partial charge in [-0.3, -0.25) is 14.5 Å². The lowest BCUT2D eigenvalue weighted by Crippen LogP contribution is -2.28. The van der Waals surface area contributed by atoms with E-state index in [1.165, 1.54) is 11.1 Å². The van der Waals surface area contributed by atoms with Crippen LogP contribution in [0.15, 0.2) is 18.2 Å². The topological polar surface area (TPSA) is 52.7 Å². The Labute approximate surface area is 144 Å². The average molecular weight is 329 g/mol. The van der Waals surface area contributed by atoms with E-state index in [9.17, 15) is 9.59 Å². The second kappa shape index (κ2) is 6.93. The fourth-order valence-corrected chi connectivity index (χ4v) is 3.74. The van der Waals surface area contributed by atoms with E-state index in [1.807, 2.05) is 19.1 Å². The molecular formula is C19H27N3O2. The van der Waals surface area contributed by atoms with Crippen molar-refractivity contribution in [3.8, 4) is 0 Å². The highest BCUT2D eigenvalue weighted by Gasteiger charge is 2.34. The minimum atomic E-state index is -0.235. The maximum atomic E-state index is 12.6. The zero-order valence-electron chi connectivity index (χ0n) is 14.8. The molecule has 3 rings (SSSR count). The van der Waals surface area contributed by atoms with E-state index in [0.29, 0.717) is 25.4 Å². The quantitative estimate of drug-likeness (QED) is 0.903. The largest absolute Gasteiger partial charge is 0.342 e. The second-order valence-electron chi connectivity index (χ2n) is 7.33. The summed E-state index contributed by atoms with van der Waals surface area (Å²) in [7, 11) is 0. The summed E-state index contributed by atoms with van der Waals surface area (Å²) in [5.74, 6) is 0.442. The Kier molecular flexibility index (Phi) is 4.90. The van der Waals surface area contributed by atoms with Gasteiger partial charge < -0.3 is 10.2 Å². The number of rotatable bonds is 5. The number of amides is 2. The Bertz CT molecular complexity index is 641. The van der Waals surface area contributed by atoms with Gasteiger partial charge in [-0.1, -0.05) is 26.0 Å². The second-order valence-corrected chi connectivity index (χ2v) is 7.33. The molecule has 1 aromatic rings. The highest BCUT2D eigenvalue weighted by molar-refractivity contribution is 5.97. The molecule has 0 bridgehead atoms. The number of fused-ring (bicyclic) bond motifs is 1. The maximum Gasteiger partial charge on any atom is 0.229 e. The molecule has 130 valence electrons. The Morgan fingerprint density at radius 3 is 2.79 bits per heavy atom. The van der Waals surface area contributed by atoms with Crippen LogP contribution in [0.5, 0.6) is 0 Å². The first-order chi connectivity index (χ1) is 11.5. The summed E-state index contributed by atoms with van der Waals surface area (Å²) in [5, 5.41) is 3.08. The van der Waals surface area contributed by atoms with Gasteiger partial charge in [0.25, 0.3) is 0 Å². The Morgan fingerprint density at radius 2 is 2.12 bits per heavy atom. The van der Waals surface area contributed by atoms with Crippen LogP contribution in [0.2, 0.25) is 0 Å². The number of nitrogens with zero attached hydrogens (tertiary/aromatic N) is 2. The molecule has 2 aliphatic heterocycles. The van der Waals surface area contributed by atoms with Crippen LogP contribution in [-0.4, -0.2) is 41.2 Å². The predicted octanol–water partition coefficient (Wildman–Crippen LogP) is 2.47. The van der Waals surface area contributed by atoms with Gasteiger partial charge in [-0.25, -0.2) is 0 Å². The van der Waals surface area contributed by atoms with E-state index in [2.05, 4.69) is 30.1 Å². The van der Waals surface area contributed by atoms with Crippen LogP contribution in [0.1, 0.15) is 38.3 Å². The molecular weight excluding hydrogens is 302 g/mol. The number of anilines is 1. The van der Waals surface area contributed by atoms with Crippen molar-refractivity contribution in [2.24, 2.45) is 11.8 Å². The van der Waals surface area contributed by atoms with Crippen molar-refractivity contribution in [3.05, 3.63) is 29.3 Å². The van der Waals surface area contributed by atoms with E-state index >= 15 is 0 Å². The van der Waals surface area contributed by atoms with Gasteiger partial charge in [-0.2, -0.15) is 0 Å². The lowest BCUT2D eigenvalue weighted by Gasteiger charge is -2.17. The monoisotopic (exact) mass is 329 g/mol. The number of hydrogen-bond donors (Lipinski definition) is 1. The van der Waals surface area contributed by atoms with E-state index in [4.69, 9.17) is 0 Å². The smallest absolute Gasteiger partial charge is 0.229 e. The van der Waals surface area contributed by atoms with Gasteiger partial charge in [0, 0.05) is 44.8 Å². The molecule has 2 amide bonds. The van der Waals surface area contributed by atoms with Crippen molar-refractivity contribution in [2.75, 3.05) is 25.0 Å². The summed E-state index contributed by atoms with van der Waals surface area (Å²) in [5.41, 5.74) is 3.43. The number of carbonyl (C=O) groups excluding carboxylic acids is 2. The third-order valence-electron chi connectivity index (χ3n) is 4.90. The van der Waals surface area contributed by atoms with Crippen molar-refractivity contribution in [3.63, 3.8) is 0 Å². The molecule has 1 atom stereocenters. The highest BCUT2D eigenvalue weighted by atomic mass is 16.2. The molecule has 0 unspecified atom stereocenters. The fourth-order valence-electron chi connectivity index (χ4n) is 3.74. The fraction of sp³-hybridized carbons (Fsp3) is 0.579. The van der Waals surface area contributed by atoms with Crippen LogP contribution in [0.3, 0.4) is 0 Å². The van der Waals surface area contributed by atoms with Crippen molar-refractivity contribution in [2.45, 2.75) is 40.3 Å². The van der Waals surface area contributed by atoms with Crippen LogP contribution in [0.4, 0.5) is 5.69 Å². The number of carbonyl (C=O) groups is 2. The molecule has 2 aliphatic rings. The van der Waals surface area contributed by atoms with Crippen molar-refractivity contribution in [1.29, 1.82) is 0 Å². The van der Waals surface area contributed by atoms with Crippen molar-refractivity contribution < 1.29 is 9.59 Å². The third kappa shape index (κ3) is 3.46. The number of benzene rings is 1. The Balaban J connectivity index is 1.68. The molecule has 0 aromatic heterocycles. The van der Waals surface area contributed by atoms with Gasteiger partial charge >= 0.3 is 0 Å². The summed E-state index contributed by atoms with van der Waals surface area (Å²) in [6.45, 7) is 10.5. The molecule has 0 radical (unpaired) electrons. The van der Waals surface area contributed by atoms with Crippen LogP contribution < -0.4 is 5.32 Å². The number of likely N-dealkylation sites (tertiary alicyclic amines) is 1. The van der Waals surface area contributed by atoms with Gasteiger partial charge in [0.15, 0.2) is 0 Å². The van der Waals surface area contributed by atoms with Gasteiger partial charge in [0.2, 0.25) is 11.8 Å². The van der Waals surface area contributed by atoms with Gasteiger partial charge in [0.05, 0.1) is 5.92 Å². The zero-order chi connectivity index (χ0) is 17.3. The summed E-state index contributed by atoms with van der Waals surface area (Å²) < 4.78 is 0. The first-order valence-electron chi connectivity index (χ1n) is 8.89. The molecule has 1 saturated heterocycles. The third-order valence-corrected chi connectivity index (χ3v) is 4.90. The molecule has 1 N–H and O–H groups in total. The SMILES string of the molecule is CCN1C[C@H](C(=O)Nc2cccc3c2CN(CC(C)C)C3)CC1=O. The van der Waals surface area contributed by atoms with Gasteiger partial charge in [0.1, 0.15) is 0 Å². The van der Waals surface area contributed by atoms with E-state index in [-0.39, 0.29) is 17.7 Å². The summed E-state index contributed by atoms with van der Waals surface area (Å²) in [6, 6.07) is 6.12. The molecule has 5 nitrogen and oxygen atoms in total. The molecule has 0 aliphatic carbocycles. The van der Waals surface area contributed by atoms with Gasteiger partial charge in [-0.05, 0) is 30.0 Å². The van der Waals surface area contributed by atoms with E-state index in [1.54, 1.807) is 4.90 Å². The summed E-state index contributed by atoms with van der Waals surface area (Å²) in [4.78, 5) is 28.6. The molecule has 1 fully saturated rings. The van der Waals surface area contributed by atoms with E-state index in [0.717, 1.165) is 25.3 Å². The minimum absolute atomic E-state index is 0.0324. The Morgan fingerprint density at radius 1 is 1.33 bits per heavy atom. The summed E-state index contributed by atoms with van der Waals surface area (Å²) in [6.07, 6.45) is 0.328. The highest BCUT2D eigenvalue weighted by Crippen LogP contribution is 2.30. The molecule has 0 saturated carbocycles. The minimum Gasteiger partial charge on any atom is -0.342 e. The maximum absolute atomic E-state index is 12.6. The molecule has 1 aromatic carbocycles. The number of hydrogen-bond acceptors (Lipinski definition) is 3. The zero-order valence-corrected chi connectivity index (χ0v) is 14.8. The van der Waals surface area contributed by atoms with E-state index < -0.39 is 0 Å². The lowest BCUT2D eigenvalue weighted by molar-refractivity contribution is -0.128. The van der Waals surface area contributed by atoms with Gasteiger partial charge in [-0.15, -0.1) is 0 Å². The Hall–Kier alpha value is -1.88. The van der Waals surface area contributed by atoms with Crippen LogP contribution in [0, 0.1) is 11.8 Å². The molecule has 0 spiro atoms. The molecule has 5 heteroatoms. The normalized spacial score (nSPS) is 20.8. The van der Waals surface area contributed by atoms with Crippen LogP contribution in [-0.2, 0) is 22.7 Å². The molecule has 2 heterocycles. The average Bonchev–Trinajstić information content (AvgIpc) is 3.10.